The summed E-state index contributed by atoms with van der Waals surface area (Å²) in [4.78, 5) is 27.2. The van der Waals surface area contributed by atoms with Crippen LogP contribution in [0.1, 0.15) is 34.7 Å². The summed E-state index contributed by atoms with van der Waals surface area (Å²) in [5.41, 5.74) is 3.79. The maximum absolute atomic E-state index is 13.3. The second-order valence-corrected chi connectivity index (χ2v) is 7.52. The second-order valence-electron chi connectivity index (χ2n) is 7.52. The highest BCUT2D eigenvalue weighted by molar-refractivity contribution is 5.81. The number of carbonyl (C=O) groups is 2. The SMILES string of the molecule is COC(=O)CC1c2cc(OC)c(OC)cc2CCN1C(=O)Cc1ccc(C)c(OC)c1. The number of methoxy groups -OCH3 is 4. The van der Waals surface area contributed by atoms with Gasteiger partial charge in [-0.1, -0.05) is 12.1 Å². The third-order valence-electron chi connectivity index (χ3n) is 5.74. The van der Waals surface area contributed by atoms with Crippen LogP contribution >= 0.6 is 0 Å². The molecular formula is C24H29NO6. The number of hydrogen-bond acceptors (Lipinski definition) is 6. The Morgan fingerprint density at radius 2 is 1.65 bits per heavy atom. The molecule has 0 fully saturated rings. The first-order valence-corrected chi connectivity index (χ1v) is 10.2. The van der Waals surface area contributed by atoms with Crippen molar-refractivity contribution in [2.45, 2.75) is 32.2 Å². The number of carbonyl (C=O) groups excluding carboxylic acids is 2. The van der Waals surface area contributed by atoms with E-state index >= 15 is 0 Å². The minimum absolute atomic E-state index is 0.0553. The van der Waals surface area contributed by atoms with Crippen molar-refractivity contribution in [3.63, 3.8) is 0 Å². The van der Waals surface area contributed by atoms with E-state index in [0.717, 1.165) is 28.0 Å². The van der Waals surface area contributed by atoms with Gasteiger partial charge in [0.15, 0.2) is 11.5 Å². The van der Waals surface area contributed by atoms with Crippen LogP contribution in [0.25, 0.3) is 0 Å². The van der Waals surface area contributed by atoms with E-state index in [2.05, 4.69) is 0 Å². The first-order valence-electron chi connectivity index (χ1n) is 10.2. The Hall–Kier alpha value is -3.22. The third kappa shape index (κ3) is 4.76. The number of benzene rings is 2. The van der Waals surface area contributed by atoms with Gasteiger partial charge in [0.1, 0.15) is 5.75 Å². The van der Waals surface area contributed by atoms with Gasteiger partial charge in [-0.15, -0.1) is 0 Å². The van der Waals surface area contributed by atoms with E-state index in [9.17, 15) is 9.59 Å². The van der Waals surface area contributed by atoms with Gasteiger partial charge in [-0.3, -0.25) is 9.59 Å². The van der Waals surface area contributed by atoms with Crippen LogP contribution < -0.4 is 14.2 Å². The van der Waals surface area contributed by atoms with Crippen LogP contribution in [-0.2, 0) is 27.2 Å². The summed E-state index contributed by atoms with van der Waals surface area (Å²) in [6.07, 6.45) is 0.954. The molecule has 1 unspecified atom stereocenters. The van der Waals surface area contributed by atoms with Crippen LogP contribution in [-0.4, -0.2) is 51.8 Å². The van der Waals surface area contributed by atoms with Crippen molar-refractivity contribution in [2.75, 3.05) is 35.0 Å². The minimum Gasteiger partial charge on any atom is -0.496 e. The monoisotopic (exact) mass is 427 g/mol. The molecule has 7 nitrogen and oxygen atoms in total. The van der Waals surface area contributed by atoms with Crippen LogP contribution in [0, 0.1) is 6.92 Å². The predicted molar refractivity (Wildman–Crippen MR) is 116 cm³/mol. The number of hydrogen-bond donors (Lipinski definition) is 0. The summed E-state index contributed by atoms with van der Waals surface area (Å²) in [7, 11) is 6.12. The summed E-state index contributed by atoms with van der Waals surface area (Å²) in [5.74, 6) is 1.51. The molecule has 0 saturated carbocycles. The van der Waals surface area contributed by atoms with Crippen molar-refractivity contribution in [3.8, 4) is 17.2 Å². The number of aryl methyl sites for hydroxylation is 1. The molecule has 2 aromatic carbocycles. The lowest BCUT2D eigenvalue weighted by atomic mass is 9.89. The summed E-state index contributed by atoms with van der Waals surface area (Å²) in [6, 6.07) is 9.10. The molecule has 1 atom stereocenters. The molecule has 0 bridgehead atoms. The molecule has 1 aliphatic rings. The van der Waals surface area contributed by atoms with Gasteiger partial charge in [0.05, 0.1) is 47.3 Å². The molecular weight excluding hydrogens is 398 g/mol. The third-order valence-corrected chi connectivity index (χ3v) is 5.74. The van der Waals surface area contributed by atoms with Crippen molar-refractivity contribution in [1.82, 2.24) is 4.90 Å². The Kier molecular flexibility index (Phi) is 7.05. The number of fused-ring (bicyclic) bond motifs is 1. The van der Waals surface area contributed by atoms with Crippen molar-refractivity contribution in [1.29, 1.82) is 0 Å². The van der Waals surface area contributed by atoms with E-state index in [1.807, 2.05) is 37.3 Å². The molecule has 166 valence electrons. The predicted octanol–water partition coefficient (Wildman–Crippen LogP) is 3.25. The standard InChI is InChI=1S/C24H29NO6/c1-15-6-7-16(10-20(15)28-2)11-23(26)25-9-8-17-12-21(29-3)22(30-4)13-18(17)19(25)14-24(27)31-5/h6-7,10,12-13,19H,8-9,11,14H2,1-5H3. The van der Waals surface area contributed by atoms with E-state index < -0.39 is 6.04 Å². The van der Waals surface area contributed by atoms with Crippen molar-refractivity contribution in [2.24, 2.45) is 0 Å². The Labute approximate surface area is 182 Å². The molecule has 7 heteroatoms. The molecule has 0 N–H and O–H groups in total. The first-order chi connectivity index (χ1) is 14.9. The van der Waals surface area contributed by atoms with Crippen LogP contribution in [0.2, 0.25) is 0 Å². The van der Waals surface area contributed by atoms with Gasteiger partial charge < -0.3 is 23.8 Å². The zero-order valence-corrected chi connectivity index (χ0v) is 18.7. The smallest absolute Gasteiger partial charge is 0.307 e. The molecule has 0 spiro atoms. The second kappa shape index (κ2) is 9.73. The lowest BCUT2D eigenvalue weighted by Gasteiger charge is -2.37. The highest BCUT2D eigenvalue weighted by Gasteiger charge is 2.34. The summed E-state index contributed by atoms with van der Waals surface area (Å²) < 4.78 is 21.2. The van der Waals surface area contributed by atoms with Crippen molar-refractivity contribution >= 4 is 11.9 Å². The average molecular weight is 427 g/mol. The van der Waals surface area contributed by atoms with E-state index in [-0.39, 0.29) is 24.7 Å². The molecule has 0 saturated heterocycles. The van der Waals surface area contributed by atoms with Gasteiger partial charge in [0, 0.05) is 6.54 Å². The Balaban J connectivity index is 1.94. The zero-order valence-electron chi connectivity index (χ0n) is 18.7. The van der Waals surface area contributed by atoms with Crippen LogP contribution in [0.5, 0.6) is 17.2 Å². The highest BCUT2D eigenvalue weighted by Crippen LogP contribution is 2.40. The number of esters is 1. The quantitative estimate of drug-likeness (QED) is 0.632. The fourth-order valence-electron chi connectivity index (χ4n) is 4.04. The fraction of sp³-hybridized carbons (Fsp3) is 0.417. The number of nitrogens with zero attached hydrogens (tertiary/aromatic N) is 1. The molecule has 3 rings (SSSR count). The van der Waals surface area contributed by atoms with Crippen molar-refractivity contribution < 1.29 is 28.5 Å². The highest BCUT2D eigenvalue weighted by atomic mass is 16.5. The Morgan fingerprint density at radius 3 is 2.29 bits per heavy atom. The van der Waals surface area contributed by atoms with Gasteiger partial charge in [0.2, 0.25) is 5.91 Å². The van der Waals surface area contributed by atoms with E-state index in [0.29, 0.717) is 24.5 Å². The normalized spacial score (nSPS) is 15.1. The molecule has 1 aliphatic heterocycles. The van der Waals surface area contributed by atoms with Crippen molar-refractivity contribution in [3.05, 3.63) is 52.6 Å². The first kappa shape index (κ1) is 22.5. The minimum atomic E-state index is -0.434. The largest absolute Gasteiger partial charge is 0.496 e. The summed E-state index contributed by atoms with van der Waals surface area (Å²) in [5, 5.41) is 0. The molecule has 31 heavy (non-hydrogen) atoms. The lowest BCUT2D eigenvalue weighted by molar-refractivity contribution is -0.144. The Morgan fingerprint density at radius 1 is 0.968 bits per heavy atom. The van der Waals surface area contributed by atoms with E-state index in [1.165, 1.54) is 7.11 Å². The summed E-state index contributed by atoms with van der Waals surface area (Å²) >= 11 is 0. The molecule has 1 amide bonds. The van der Waals surface area contributed by atoms with Gasteiger partial charge in [-0.25, -0.2) is 0 Å². The fourth-order valence-corrected chi connectivity index (χ4v) is 4.04. The van der Waals surface area contributed by atoms with E-state index in [4.69, 9.17) is 18.9 Å². The van der Waals surface area contributed by atoms with Gasteiger partial charge in [-0.05, 0) is 53.8 Å². The topological polar surface area (TPSA) is 74.3 Å². The number of ether oxygens (including phenoxy) is 4. The molecule has 0 radical (unpaired) electrons. The maximum atomic E-state index is 13.3. The lowest BCUT2D eigenvalue weighted by Crippen LogP contribution is -2.42. The molecule has 1 heterocycles. The van der Waals surface area contributed by atoms with Gasteiger partial charge >= 0.3 is 5.97 Å². The van der Waals surface area contributed by atoms with E-state index in [1.54, 1.807) is 26.2 Å². The number of amides is 1. The molecule has 2 aromatic rings. The summed E-state index contributed by atoms with van der Waals surface area (Å²) in [6.45, 7) is 2.46. The Bertz CT molecular complexity index is 971. The molecule has 0 aromatic heterocycles. The maximum Gasteiger partial charge on any atom is 0.307 e. The van der Waals surface area contributed by atoms with Crippen LogP contribution in [0.4, 0.5) is 0 Å². The molecule has 0 aliphatic carbocycles. The average Bonchev–Trinajstić information content (AvgIpc) is 2.79. The number of rotatable bonds is 7. The van der Waals surface area contributed by atoms with Gasteiger partial charge in [0.25, 0.3) is 0 Å². The van der Waals surface area contributed by atoms with Crippen LogP contribution in [0.3, 0.4) is 0 Å². The van der Waals surface area contributed by atoms with Gasteiger partial charge in [-0.2, -0.15) is 0 Å². The zero-order chi connectivity index (χ0) is 22.5. The van der Waals surface area contributed by atoms with Crippen LogP contribution in [0.15, 0.2) is 30.3 Å².